The van der Waals surface area contributed by atoms with Gasteiger partial charge < -0.3 is 44.7 Å². The van der Waals surface area contributed by atoms with Crippen molar-refractivity contribution in [1.29, 1.82) is 0 Å². The fraction of sp³-hybridized carbons (Fsp3) is 0.419. The van der Waals surface area contributed by atoms with Crippen LogP contribution in [0.2, 0.25) is 0 Å². The Labute approximate surface area is 310 Å². The lowest BCUT2D eigenvalue weighted by Crippen LogP contribution is -2.50. The smallest absolute Gasteiger partial charge is 0.335 e. The number of ether oxygens (including phenoxy) is 3. The van der Waals surface area contributed by atoms with Crippen LogP contribution in [-0.2, 0) is 11.8 Å². The molecule has 1 saturated heterocycles. The van der Waals surface area contributed by atoms with Crippen molar-refractivity contribution in [2.45, 2.75) is 75.3 Å². The minimum Gasteiger partial charge on any atom is -0.508 e. The zero-order valence-corrected chi connectivity index (χ0v) is 30.3. The number of rotatable bonds is 8. The summed E-state index contributed by atoms with van der Waals surface area (Å²) >= 11 is 0. The normalized spacial score (nSPS) is 21.6. The van der Waals surface area contributed by atoms with E-state index in [1.165, 1.54) is 25.6 Å². The van der Waals surface area contributed by atoms with Crippen molar-refractivity contribution in [2.24, 2.45) is 0 Å². The van der Waals surface area contributed by atoms with E-state index < -0.39 is 12.0 Å². The molecule has 4 aliphatic rings. The Hall–Kier alpha value is -5.11. The van der Waals surface area contributed by atoms with Crippen molar-refractivity contribution in [1.82, 2.24) is 10.3 Å². The summed E-state index contributed by atoms with van der Waals surface area (Å²) in [6.07, 6.45) is 5.03. The molecular weight excluding hydrogens is 670 g/mol. The minimum absolute atomic E-state index is 0.0126. The largest absolute Gasteiger partial charge is 0.508 e. The van der Waals surface area contributed by atoms with E-state index >= 15 is 0 Å². The number of benzene rings is 3. The van der Waals surface area contributed by atoms with E-state index in [2.05, 4.69) is 59.3 Å². The van der Waals surface area contributed by atoms with Gasteiger partial charge in [-0.05, 0) is 78.7 Å². The third-order valence-corrected chi connectivity index (χ3v) is 11.3. The number of nitrogens with zero attached hydrogens (tertiary/aromatic N) is 2. The number of fused-ring (bicyclic) bond motifs is 8. The highest BCUT2D eigenvalue weighted by atomic mass is 16.5. The Morgan fingerprint density at radius 3 is 2.64 bits per heavy atom. The number of aromatic hydroxyl groups is 2. The lowest BCUT2D eigenvalue weighted by Gasteiger charge is -2.40. The molecule has 0 radical (unpaired) electrons. The molecule has 1 aliphatic carbocycles. The van der Waals surface area contributed by atoms with Gasteiger partial charge in [0.15, 0.2) is 17.1 Å². The van der Waals surface area contributed by atoms with Gasteiger partial charge >= 0.3 is 5.78 Å². The maximum atomic E-state index is 12.2. The number of nitrogens with one attached hydrogen (secondary N) is 1. The molecule has 4 bridgehead atoms. The number of anilines is 1. The molecule has 10 heteroatoms. The van der Waals surface area contributed by atoms with Crippen LogP contribution in [-0.4, -0.2) is 71.9 Å². The highest BCUT2D eigenvalue weighted by Gasteiger charge is 2.42. The standard InChI is InChI=1S/C43H46N3O7/c1-43(15-3-4-16-43)35-23-32-28-8-5-7-26(21-28)22-29(9-12-30-25-46(18-17-44-30)42(32)45-35)36-38(50)41(51-2)40(52-20-6-19-47)37-33(49)24-34(53-39(36)37)27-10-13-31(48)14-11-27/h5,7-8,10-11,13-14,21,23,29-30,34,44,47-48H,3-4,6,15-20,22,24-25H2,1-2H3,(H,49,50)/q-1/p+1. The first-order valence-electron chi connectivity index (χ1n) is 18.7. The van der Waals surface area contributed by atoms with Gasteiger partial charge in [-0.3, -0.25) is 4.79 Å². The summed E-state index contributed by atoms with van der Waals surface area (Å²) in [4.78, 5) is 19.5. The Morgan fingerprint density at radius 1 is 1.06 bits per heavy atom. The van der Waals surface area contributed by atoms with Gasteiger partial charge in [0.25, 0.3) is 0 Å². The highest BCUT2D eigenvalue weighted by Crippen LogP contribution is 2.55. The second kappa shape index (κ2) is 14.4. The van der Waals surface area contributed by atoms with Crippen LogP contribution in [0, 0.1) is 11.8 Å². The number of methoxy groups -OCH3 is 1. The first kappa shape index (κ1) is 34.9. The Morgan fingerprint density at radius 2 is 1.87 bits per heavy atom. The number of piperazine rings is 1. The number of ketones is 1. The molecule has 8 rings (SSSR count). The Balaban J connectivity index is 1.28. The van der Waals surface area contributed by atoms with Crippen molar-refractivity contribution in [3.8, 4) is 51.7 Å². The topological polar surface area (TPSA) is 139 Å². The predicted molar refractivity (Wildman–Crippen MR) is 203 cm³/mol. The number of aliphatic hydroxyl groups is 1. The van der Waals surface area contributed by atoms with Crippen molar-refractivity contribution >= 4 is 11.6 Å². The number of phenols is 2. The van der Waals surface area contributed by atoms with Crippen LogP contribution in [0.15, 0.2) is 54.6 Å². The van der Waals surface area contributed by atoms with E-state index in [0.717, 1.165) is 54.0 Å². The van der Waals surface area contributed by atoms with Gasteiger partial charge in [0.05, 0.1) is 31.2 Å². The monoisotopic (exact) mass is 717 g/mol. The third-order valence-electron chi connectivity index (χ3n) is 11.3. The average molecular weight is 718 g/mol. The number of carbonyl (C=O) groups excluding carboxylic acids is 1. The van der Waals surface area contributed by atoms with E-state index in [-0.39, 0.29) is 65.6 Å². The second-order valence-corrected chi connectivity index (χ2v) is 14.9. The summed E-state index contributed by atoms with van der Waals surface area (Å²) in [6, 6.07) is 17.3. The van der Waals surface area contributed by atoms with Crippen molar-refractivity contribution in [3.63, 3.8) is 0 Å². The van der Waals surface area contributed by atoms with Crippen LogP contribution in [0.25, 0.3) is 11.1 Å². The van der Waals surface area contributed by atoms with E-state index in [9.17, 15) is 20.1 Å². The van der Waals surface area contributed by atoms with Crippen LogP contribution in [0.1, 0.15) is 85.4 Å². The third kappa shape index (κ3) is 6.57. The van der Waals surface area contributed by atoms with Crippen molar-refractivity contribution in [2.75, 3.05) is 44.9 Å². The van der Waals surface area contributed by atoms with Gasteiger partial charge in [-0.15, -0.1) is 0 Å². The molecule has 0 amide bonds. The van der Waals surface area contributed by atoms with Gasteiger partial charge in [0.2, 0.25) is 5.75 Å². The number of aliphatic hydroxyl groups excluding tert-OH is 1. The molecule has 2 fully saturated rings. The van der Waals surface area contributed by atoms with E-state index in [0.29, 0.717) is 30.5 Å². The summed E-state index contributed by atoms with van der Waals surface area (Å²) < 4.78 is 18.6. The maximum absolute atomic E-state index is 12.2. The van der Waals surface area contributed by atoms with E-state index in [1.54, 1.807) is 24.3 Å². The Kier molecular flexibility index (Phi) is 9.48. The summed E-state index contributed by atoms with van der Waals surface area (Å²) in [7, 11) is 1.45. The van der Waals surface area contributed by atoms with E-state index in [1.807, 2.05) is 0 Å². The number of aromatic nitrogens is 1. The van der Waals surface area contributed by atoms with Gasteiger partial charge in [-0.1, -0.05) is 85.6 Å². The summed E-state index contributed by atoms with van der Waals surface area (Å²) in [5, 5.41) is 35.2. The van der Waals surface area contributed by atoms with Gasteiger partial charge in [-0.2, -0.15) is 0 Å². The van der Waals surface area contributed by atoms with Gasteiger partial charge in [0, 0.05) is 13.0 Å². The predicted octanol–water partition coefficient (Wildman–Crippen LogP) is 5.86. The Bertz CT molecular complexity index is 2070. The molecule has 4 heterocycles. The number of phenolic OH excluding ortho intramolecular Hbond substituents is 2. The SMILES string of the molecule is COc1c(O)c(C2C#CC3CN(CCN3)c3[n-]c(C4(C)CCCC4)cc3-c3cccc(c3)C2)c2c(c1OCCCO)C(=[OH+])CC(c1ccc(O)cc1)O2. The van der Waals surface area contributed by atoms with E-state index in [4.69, 9.17) is 19.2 Å². The molecule has 4 aromatic rings. The first-order valence-corrected chi connectivity index (χ1v) is 18.7. The molecule has 5 N–H and O–H groups in total. The molecule has 10 nitrogen and oxygen atoms in total. The van der Waals surface area contributed by atoms with Crippen LogP contribution >= 0.6 is 0 Å². The molecule has 276 valence electrons. The summed E-state index contributed by atoms with van der Waals surface area (Å²) in [6.45, 7) is 4.61. The summed E-state index contributed by atoms with van der Waals surface area (Å²) in [5.74, 6) is 7.93. The molecule has 3 aliphatic heterocycles. The van der Waals surface area contributed by atoms with Gasteiger partial charge in [-0.25, -0.2) is 0 Å². The minimum atomic E-state index is -0.616. The average Bonchev–Trinajstić information content (AvgIpc) is 3.82. The molecule has 3 atom stereocenters. The van der Waals surface area contributed by atoms with Crippen LogP contribution in [0.3, 0.4) is 0 Å². The lowest BCUT2D eigenvalue weighted by atomic mass is 9.84. The quantitative estimate of drug-likeness (QED) is 0.100. The van der Waals surface area contributed by atoms with Crippen molar-refractivity contribution in [3.05, 3.63) is 82.5 Å². The highest BCUT2D eigenvalue weighted by molar-refractivity contribution is 6.05. The number of hydrogen-bond acceptors (Lipinski definition) is 8. The molecular formula is C43H47N3O7. The lowest BCUT2D eigenvalue weighted by molar-refractivity contribution is 0.192. The fourth-order valence-corrected chi connectivity index (χ4v) is 8.45. The second-order valence-electron chi connectivity index (χ2n) is 14.9. The zero-order valence-electron chi connectivity index (χ0n) is 30.3. The summed E-state index contributed by atoms with van der Waals surface area (Å²) in [5.41, 5.74) is 5.92. The fourth-order valence-electron chi connectivity index (χ4n) is 8.45. The van der Waals surface area contributed by atoms with Crippen LogP contribution < -0.4 is 29.4 Å². The van der Waals surface area contributed by atoms with Crippen LogP contribution in [0.5, 0.6) is 28.7 Å². The molecule has 0 spiro atoms. The molecule has 3 aromatic carbocycles. The molecule has 53 heavy (non-hydrogen) atoms. The first-order chi connectivity index (χ1) is 25.8. The van der Waals surface area contributed by atoms with Crippen LogP contribution in [0.4, 0.5) is 5.82 Å². The van der Waals surface area contributed by atoms with Crippen molar-refractivity contribution < 1.29 is 34.3 Å². The molecule has 3 unspecified atom stereocenters. The molecule has 1 aromatic heterocycles. The number of hydrogen-bond donors (Lipinski definition) is 4. The van der Waals surface area contributed by atoms with Gasteiger partial charge in [0.1, 0.15) is 24.0 Å². The zero-order chi connectivity index (χ0) is 36.7. The molecule has 1 saturated carbocycles. The maximum Gasteiger partial charge on any atom is 0.335 e.